The molecule has 1 aromatic heterocycles. The summed E-state index contributed by atoms with van der Waals surface area (Å²) in [5.41, 5.74) is 1.25. The Morgan fingerprint density at radius 1 is 1.40 bits per heavy atom. The largest absolute Gasteiger partial charge is 0.507 e. The van der Waals surface area contributed by atoms with Gasteiger partial charge in [0.15, 0.2) is 6.29 Å². The molecule has 3 rings (SSSR count). The molecule has 30 heavy (non-hydrogen) atoms. The number of benzene rings is 1. The van der Waals surface area contributed by atoms with Crippen LogP contribution < -0.4 is 4.74 Å². The standard InChI is InChI=1S/C22H26N2O5S/c1-15(26)12-19-17(4-3-8-23-19)22(28)24-9-11-30-14-16(24)7-10-29-21-6-2-5-20(27)18(21)13-25/h2-6,8,13,15-16,26-27H,7,9-12,14H2,1H3/t15-,16+/m0/s1. The number of phenolic OH excluding ortho intramolecular Hbond substituents is 1. The number of pyridine rings is 1. The fraction of sp³-hybridized carbons (Fsp3) is 0.409. The number of nitrogens with zero attached hydrogens (tertiary/aromatic N) is 2. The second-order valence-corrected chi connectivity index (χ2v) is 8.37. The highest BCUT2D eigenvalue weighted by Crippen LogP contribution is 2.27. The van der Waals surface area contributed by atoms with Crippen LogP contribution in [0.2, 0.25) is 0 Å². The Kier molecular flexibility index (Phi) is 7.70. The molecule has 1 amide bonds. The summed E-state index contributed by atoms with van der Waals surface area (Å²) in [6, 6.07) is 8.17. The van der Waals surface area contributed by atoms with Crippen LogP contribution in [0.1, 0.15) is 39.8 Å². The molecule has 2 aromatic rings. The van der Waals surface area contributed by atoms with Gasteiger partial charge in [0, 0.05) is 43.1 Å². The minimum absolute atomic E-state index is 0.0205. The number of rotatable bonds is 8. The quantitative estimate of drug-likeness (QED) is 0.621. The van der Waals surface area contributed by atoms with E-state index in [2.05, 4.69) is 4.98 Å². The maximum Gasteiger partial charge on any atom is 0.256 e. The van der Waals surface area contributed by atoms with Gasteiger partial charge in [-0.25, -0.2) is 0 Å². The number of aromatic nitrogens is 1. The minimum atomic E-state index is -0.582. The molecule has 0 saturated carbocycles. The van der Waals surface area contributed by atoms with E-state index in [0.29, 0.717) is 49.3 Å². The van der Waals surface area contributed by atoms with E-state index in [-0.39, 0.29) is 23.3 Å². The highest BCUT2D eigenvalue weighted by atomic mass is 32.2. The van der Waals surface area contributed by atoms with Gasteiger partial charge in [-0.05, 0) is 31.2 Å². The first-order valence-corrected chi connectivity index (χ1v) is 11.1. The van der Waals surface area contributed by atoms with Crippen molar-refractivity contribution < 1.29 is 24.5 Å². The van der Waals surface area contributed by atoms with Gasteiger partial charge in [0.1, 0.15) is 11.5 Å². The van der Waals surface area contributed by atoms with Crippen LogP contribution in [0.25, 0.3) is 0 Å². The van der Waals surface area contributed by atoms with Crippen LogP contribution in [0.5, 0.6) is 11.5 Å². The molecule has 0 aliphatic carbocycles. The monoisotopic (exact) mass is 430 g/mol. The highest BCUT2D eigenvalue weighted by Gasteiger charge is 2.29. The van der Waals surface area contributed by atoms with Gasteiger partial charge in [0.25, 0.3) is 5.91 Å². The SMILES string of the molecule is C[C@H](O)Cc1ncccc1C(=O)N1CCSC[C@H]1CCOc1cccc(O)c1C=O. The summed E-state index contributed by atoms with van der Waals surface area (Å²) in [5.74, 6) is 1.78. The predicted octanol–water partition coefficient (Wildman–Crippen LogP) is 2.55. The molecule has 0 unspecified atom stereocenters. The number of aromatic hydroxyl groups is 1. The Morgan fingerprint density at radius 2 is 2.23 bits per heavy atom. The number of carbonyl (C=O) groups excluding carboxylic acids is 2. The van der Waals surface area contributed by atoms with Gasteiger partial charge < -0.3 is 19.8 Å². The average molecular weight is 431 g/mol. The smallest absolute Gasteiger partial charge is 0.256 e. The highest BCUT2D eigenvalue weighted by molar-refractivity contribution is 7.99. The molecule has 0 spiro atoms. The molecule has 160 valence electrons. The molecule has 1 aliphatic heterocycles. The predicted molar refractivity (Wildman–Crippen MR) is 115 cm³/mol. The summed E-state index contributed by atoms with van der Waals surface area (Å²) in [7, 11) is 0. The van der Waals surface area contributed by atoms with Crippen molar-refractivity contribution in [1.82, 2.24) is 9.88 Å². The third kappa shape index (κ3) is 5.31. The van der Waals surface area contributed by atoms with E-state index in [1.165, 1.54) is 6.07 Å². The molecule has 1 aliphatic rings. The lowest BCUT2D eigenvalue weighted by Gasteiger charge is -2.36. The number of phenols is 1. The zero-order chi connectivity index (χ0) is 21.5. The fourth-order valence-electron chi connectivity index (χ4n) is 3.47. The van der Waals surface area contributed by atoms with E-state index in [9.17, 15) is 19.8 Å². The summed E-state index contributed by atoms with van der Waals surface area (Å²) in [6.45, 7) is 2.62. The van der Waals surface area contributed by atoms with Crippen LogP contribution in [-0.2, 0) is 6.42 Å². The number of amides is 1. The van der Waals surface area contributed by atoms with Crippen molar-refractivity contribution in [3.63, 3.8) is 0 Å². The van der Waals surface area contributed by atoms with E-state index in [4.69, 9.17) is 4.74 Å². The number of aldehydes is 1. The van der Waals surface area contributed by atoms with Crippen molar-refractivity contribution in [1.29, 1.82) is 0 Å². The van der Waals surface area contributed by atoms with Gasteiger partial charge in [-0.1, -0.05) is 6.07 Å². The van der Waals surface area contributed by atoms with Crippen LogP contribution in [-0.4, -0.2) is 69.1 Å². The summed E-state index contributed by atoms with van der Waals surface area (Å²) in [4.78, 5) is 30.6. The van der Waals surface area contributed by atoms with Crippen molar-refractivity contribution in [2.24, 2.45) is 0 Å². The molecule has 7 nitrogen and oxygen atoms in total. The molecule has 0 radical (unpaired) electrons. The lowest BCUT2D eigenvalue weighted by Crippen LogP contribution is -2.47. The van der Waals surface area contributed by atoms with Crippen molar-refractivity contribution in [3.05, 3.63) is 53.3 Å². The van der Waals surface area contributed by atoms with Crippen LogP contribution in [0.4, 0.5) is 0 Å². The van der Waals surface area contributed by atoms with Crippen LogP contribution in [0, 0.1) is 0 Å². The molecule has 1 fully saturated rings. The maximum absolute atomic E-state index is 13.3. The number of carbonyl (C=O) groups is 2. The first-order chi connectivity index (χ1) is 14.5. The molecule has 1 aromatic carbocycles. The van der Waals surface area contributed by atoms with E-state index in [0.717, 1.165) is 11.5 Å². The minimum Gasteiger partial charge on any atom is -0.507 e. The van der Waals surface area contributed by atoms with Gasteiger partial charge >= 0.3 is 0 Å². The number of aliphatic hydroxyl groups excluding tert-OH is 1. The molecule has 8 heteroatoms. The molecule has 1 saturated heterocycles. The van der Waals surface area contributed by atoms with Crippen molar-refractivity contribution in [2.75, 3.05) is 24.7 Å². The Hall–Kier alpha value is -2.58. The van der Waals surface area contributed by atoms with Gasteiger partial charge in [0.05, 0.1) is 29.5 Å². The Morgan fingerprint density at radius 3 is 3.00 bits per heavy atom. The molecule has 2 atom stereocenters. The Bertz CT molecular complexity index is 890. The molecular formula is C22H26N2O5S. The number of aliphatic hydroxyl groups is 1. The summed E-state index contributed by atoms with van der Waals surface area (Å²) >= 11 is 1.79. The first kappa shape index (κ1) is 22.1. The number of thioether (sulfide) groups is 1. The van der Waals surface area contributed by atoms with E-state index < -0.39 is 6.10 Å². The van der Waals surface area contributed by atoms with Crippen molar-refractivity contribution >= 4 is 24.0 Å². The first-order valence-electron chi connectivity index (χ1n) is 9.92. The van der Waals surface area contributed by atoms with E-state index >= 15 is 0 Å². The third-order valence-electron chi connectivity index (χ3n) is 4.97. The van der Waals surface area contributed by atoms with Crippen molar-refractivity contribution in [2.45, 2.75) is 31.9 Å². The fourth-order valence-corrected chi connectivity index (χ4v) is 4.58. The second-order valence-electron chi connectivity index (χ2n) is 7.22. The molecule has 2 heterocycles. The lowest BCUT2D eigenvalue weighted by molar-refractivity contribution is 0.0679. The van der Waals surface area contributed by atoms with E-state index in [1.54, 1.807) is 49.1 Å². The number of hydrogen-bond acceptors (Lipinski definition) is 7. The summed E-state index contributed by atoms with van der Waals surface area (Å²) in [6.07, 6.45) is 2.54. The molecule has 2 N–H and O–H groups in total. The van der Waals surface area contributed by atoms with E-state index in [1.807, 2.05) is 4.90 Å². The normalized spacial score (nSPS) is 17.4. The average Bonchev–Trinajstić information content (AvgIpc) is 2.74. The lowest BCUT2D eigenvalue weighted by atomic mass is 10.1. The van der Waals surface area contributed by atoms with Gasteiger partial charge in [-0.15, -0.1) is 0 Å². The zero-order valence-corrected chi connectivity index (χ0v) is 17.7. The van der Waals surface area contributed by atoms with Crippen LogP contribution in [0.15, 0.2) is 36.5 Å². The third-order valence-corrected chi connectivity index (χ3v) is 6.06. The number of ether oxygens (including phenoxy) is 1. The summed E-state index contributed by atoms with van der Waals surface area (Å²) in [5, 5.41) is 19.5. The molecular weight excluding hydrogens is 404 g/mol. The van der Waals surface area contributed by atoms with Gasteiger partial charge in [-0.3, -0.25) is 14.6 Å². The Labute approximate surface area is 180 Å². The van der Waals surface area contributed by atoms with Crippen molar-refractivity contribution in [3.8, 4) is 11.5 Å². The summed E-state index contributed by atoms with van der Waals surface area (Å²) < 4.78 is 5.74. The van der Waals surface area contributed by atoms with Gasteiger partial charge in [0.2, 0.25) is 0 Å². The zero-order valence-electron chi connectivity index (χ0n) is 16.9. The molecule has 0 bridgehead atoms. The Balaban J connectivity index is 1.69. The second kappa shape index (κ2) is 10.4. The topological polar surface area (TPSA) is 100.0 Å². The van der Waals surface area contributed by atoms with Crippen LogP contribution in [0.3, 0.4) is 0 Å². The van der Waals surface area contributed by atoms with Crippen LogP contribution >= 0.6 is 11.8 Å². The maximum atomic E-state index is 13.3. The van der Waals surface area contributed by atoms with Gasteiger partial charge in [-0.2, -0.15) is 11.8 Å². The number of hydrogen-bond donors (Lipinski definition) is 2.